The molecule has 0 fully saturated rings. The van der Waals surface area contributed by atoms with Crippen LogP contribution in [0.1, 0.15) is 16.7 Å². The first-order valence-corrected chi connectivity index (χ1v) is 8.88. The average Bonchev–Trinajstić information content (AvgIpc) is 2.66. The summed E-state index contributed by atoms with van der Waals surface area (Å²) >= 11 is 0. The van der Waals surface area contributed by atoms with E-state index in [1.165, 1.54) is 5.56 Å². The zero-order valence-corrected chi connectivity index (χ0v) is 15.5. The lowest BCUT2D eigenvalue weighted by Crippen LogP contribution is -2.44. The Hall–Kier alpha value is -3.34. The molecule has 0 unspecified atom stereocenters. The van der Waals surface area contributed by atoms with E-state index in [0.717, 1.165) is 27.6 Å². The van der Waals surface area contributed by atoms with Crippen molar-refractivity contribution in [1.29, 1.82) is 0 Å². The number of hydrazine groups is 1. The second-order valence-corrected chi connectivity index (χ2v) is 6.58. The highest BCUT2D eigenvalue weighted by atomic mass is 16.2. The summed E-state index contributed by atoms with van der Waals surface area (Å²) in [6, 6.07) is 19.8. The van der Waals surface area contributed by atoms with Gasteiger partial charge in [-0.25, -0.2) is 0 Å². The first-order chi connectivity index (χ1) is 13.0. The third kappa shape index (κ3) is 4.85. The van der Waals surface area contributed by atoms with Gasteiger partial charge in [0.25, 0.3) is 5.91 Å². The number of amides is 2. The molecule has 3 aromatic carbocycles. The predicted octanol–water partition coefficient (Wildman–Crippen LogP) is 3.26. The molecule has 27 heavy (non-hydrogen) atoms. The van der Waals surface area contributed by atoms with Crippen LogP contribution in [-0.4, -0.2) is 18.4 Å². The van der Waals surface area contributed by atoms with E-state index < -0.39 is 0 Å². The third-order valence-electron chi connectivity index (χ3n) is 4.39. The van der Waals surface area contributed by atoms with E-state index in [0.29, 0.717) is 0 Å². The third-order valence-corrected chi connectivity index (χ3v) is 4.39. The molecule has 5 heteroatoms. The highest BCUT2D eigenvalue weighted by Gasteiger charge is 2.08. The lowest BCUT2D eigenvalue weighted by molar-refractivity contribution is -0.127. The van der Waals surface area contributed by atoms with Crippen molar-refractivity contribution in [1.82, 2.24) is 10.9 Å². The van der Waals surface area contributed by atoms with Gasteiger partial charge in [0.1, 0.15) is 0 Å². The first-order valence-electron chi connectivity index (χ1n) is 8.88. The van der Waals surface area contributed by atoms with E-state index in [4.69, 9.17) is 0 Å². The summed E-state index contributed by atoms with van der Waals surface area (Å²) < 4.78 is 0. The number of hydrogen-bond acceptors (Lipinski definition) is 3. The highest BCUT2D eigenvalue weighted by molar-refractivity contribution is 5.91. The van der Waals surface area contributed by atoms with Crippen LogP contribution in [0.2, 0.25) is 0 Å². The number of fused-ring (bicyclic) bond motifs is 1. The van der Waals surface area contributed by atoms with Gasteiger partial charge in [0, 0.05) is 5.69 Å². The van der Waals surface area contributed by atoms with Crippen molar-refractivity contribution in [2.45, 2.75) is 20.3 Å². The van der Waals surface area contributed by atoms with Crippen molar-refractivity contribution in [3.63, 3.8) is 0 Å². The Balaban J connectivity index is 1.50. The maximum atomic E-state index is 12.2. The molecule has 5 nitrogen and oxygen atoms in total. The maximum absolute atomic E-state index is 12.2. The number of anilines is 1. The van der Waals surface area contributed by atoms with Crippen LogP contribution in [0, 0.1) is 13.8 Å². The van der Waals surface area contributed by atoms with Crippen LogP contribution in [0.25, 0.3) is 10.8 Å². The van der Waals surface area contributed by atoms with Crippen LogP contribution in [0.5, 0.6) is 0 Å². The van der Waals surface area contributed by atoms with Crippen molar-refractivity contribution in [2.24, 2.45) is 0 Å². The standard InChI is InChI=1S/C22H23N3O2/c1-15-10-11-20(16(2)12-15)23-14-22(27)25-24-21(26)13-18-8-5-7-17-6-3-4-9-19(17)18/h3-12,23H,13-14H2,1-2H3,(H,24,26)(H,25,27). The quantitative estimate of drug-likeness (QED) is 0.611. The van der Waals surface area contributed by atoms with Crippen LogP contribution in [-0.2, 0) is 16.0 Å². The topological polar surface area (TPSA) is 70.2 Å². The molecule has 0 bridgehead atoms. The number of benzene rings is 3. The monoisotopic (exact) mass is 361 g/mol. The fourth-order valence-corrected chi connectivity index (χ4v) is 3.03. The minimum Gasteiger partial charge on any atom is -0.376 e. The van der Waals surface area contributed by atoms with E-state index >= 15 is 0 Å². The second kappa shape index (κ2) is 8.36. The van der Waals surface area contributed by atoms with Gasteiger partial charge in [-0.2, -0.15) is 0 Å². The van der Waals surface area contributed by atoms with E-state index in [2.05, 4.69) is 16.2 Å². The molecule has 3 rings (SSSR count). The van der Waals surface area contributed by atoms with E-state index in [1.54, 1.807) is 0 Å². The van der Waals surface area contributed by atoms with Gasteiger partial charge in [0.15, 0.2) is 0 Å². The molecule has 0 radical (unpaired) electrons. The van der Waals surface area contributed by atoms with Crippen molar-refractivity contribution < 1.29 is 9.59 Å². The van der Waals surface area contributed by atoms with Crippen LogP contribution >= 0.6 is 0 Å². The van der Waals surface area contributed by atoms with Crippen LogP contribution in [0.4, 0.5) is 5.69 Å². The van der Waals surface area contributed by atoms with Crippen molar-refractivity contribution in [3.8, 4) is 0 Å². The molecule has 0 aliphatic carbocycles. The van der Waals surface area contributed by atoms with Gasteiger partial charge >= 0.3 is 0 Å². The zero-order chi connectivity index (χ0) is 19.2. The van der Waals surface area contributed by atoms with Gasteiger partial charge in [0.05, 0.1) is 13.0 Å². The molecular weight excluding hydrogens is 338 g/mol. The number of hydrogen-bond donors (Lipinski definition) is 3. The normalized spacial score (nSPS) is 10.4. The van der Waals surface area contributed by atoms with E-state index in [9.17, 15) is 9.59 Å². The Morgan fingerprint density at radius 1 is 0.852 bits per heavy atom. The molecule has 0 saturated heterocycles. The van der Waals surface area contributed by atoms with Gasteiger partial charge in [-0.1, -0.05) is 60.2 Å². The van der Waals surface area contributed by atoms with Gasteiger partial charge in [-0.05, 0) is 41.8 Å². The Morgan fingerprint density at radius 2 is 1.59 bits per heavy atom. The lowest BCUT2D eigenvalue weighted by Gasteiger charge is -2.12. The number of aryl methyl sites for hydroxylation is 2. The SMILES string of the molecule is Cc1ccc(NCC(=O)NNC(=O)Cc2cccc3ccccc23)c(C)c1. The molecule has 0 atom stereocenters. The summed E-state index contributed by atoms with van der Waals surface area (Å²) in [7, 11) is 0. The summed E-state index contributed by atoms with van der Waals surface area (Å²) in [6.45, 7) is 4.09. The largest absolute Gasteiger partial charge is 0.376 e. The predicted molar refractivity (Wildman–Crippen MR) is 108 cm³/mol. The summed E-state index contributed by atoms with van der Waals surface area (Å²) in [5, 5.41) is 5.20. The van der Waals surface area contributed by atoms with Gasteiger partial charge in [-0.15, -0.1) is 0 Å². The van der Waals surface area contributed by atoms with E-state index in [-0.39, 0.29) is 24.8 Å². The van der Waals surface area contributed by atoms with Crippen molar-refractivity contribution in [3.05, 3.63) is 77.4 Å². The molecule has 0 saturated carbocycles. The number of nitrogens with one attached hydrogen (secondary N) is 3. The summed E-state index contributed by atoms with van der Waals surface area (Å²) in [5.74, 6) is -0.563. The number of carbonyl (C=O) groups excluding carboxylic acids is 2. The lowest BCUT2D eigenvalue weighted by atomic mass is 10.0. The molecule has 3 N–H and O–H groups in total. The van der Waals surface area contributed by atoms with Gasteiger partial charge in [0.2, 0.25) is 5.91 Å². The van der Waals surface area contributed by atoms with Crippen LogP contribution in [0.15, 0.2) is 60.7 Å². The molecule has 0 aliphatic heterocycles. The second-order valence-electron chi connectivity index (χ2n) is 6.58. The highest BCUT2D eigenvalue weighted by Crippen LogP contribution is 2.18. The number of carbonyl (C=O) groups is 2. The Morgan fingerprint density at radius 3 is 2.41 bits per heavy atom. The Labute approximate surface area is 158 Å². The average molecular weight is 361 g/mol. The first kappa shape index (κ1) is 18.5. The van der Waals surface area contributed by atoms with E-state index in [1.807, 2.05) is 74.5 Å². The Kier molecular flexibility index (Phi) is 5.71. The molecular formula is C22H23N3O2. The van der Waals surface area contributed by atoms with Crippen molar-refractivity contribution >= 4 is 28.3 Å². The molecule has 3 aromatic rings. The molecule has 0 aliphatic rings. The summed E-state index contributed by atoms with van der Waals surface area (Å²) in [4.78, 5) is 24.2. The smallest absolute Gasteiger partial charge is 0.257 e. The van der Waals surface area contributed by atoms with Crippen molar-refractivity contribution in [2.75, 3.05) is 11.9 Å². The summed E-state index contributed by atoms with van der Waals surface area (Å²) in [5.41, 5.74) is 8.99. The molecule has 0 heterocycles. The summed E-state index contributed by atoms with van der Waals surface area (Å²) in [6.07, 6.45) is 0.201. The van der Waals surface area contributed by atoms with Crippen LogP contribution in [0.3, 0.4) is 0 Å². The molecule has 0 spiro atoms. The zero-order valence-electron chi connectivity index (χ0n) is 15.5. The van der Waals surface area contributed by atoms with Gasteiger partial charge in [-0.3, -0.25) is 20.4 Å². The minimum absolute atomic E-state index is 0.0818. The van der Waals surface area contributed by atoms with Gasteiger partial charge < -0.3 is 5.32 Å². The fourth-order valence-electron chi connectivity index (χ4n) is 3.03. The van der Waals surface area contributed by atoms with Crippen LogP contribution < -0.4 is 16.2 Å². The number of rotatable bonds is 5. The fraction of sp³-hybridized carbons (Fsp3) is 0.182. The molecule has 2 amide bonds. The Bertz CT molecular complexity index is 977. The minimum atomic E-state index is -0.304. The maximum Gasteiger partial charge on any atom is 0.257 e. The molecule has 138 valence electrons. The molecule has 0 aromatic heterocycles.